The number of aryl methyl sites for hydroxylation is 1. The van der Waals surface area contributed by atoms with Crippen molar-refractivity contribution in [3.05, 3.63) is 41.2 Å². The van der Waals surface area contributed by atoms with Crippen LogP contribution in [0.4, 0.5) is 4.39 Å². The van der Waals surface area contributed by atoms with Gasteiger partial charge in [0, 0.05) is 0 Å². The predicted octanol–water partition coefficient (Wildman–Crippen LogP) is 3.10. The van der Waals surface area contributed by atoms with E-state index in [4.69, 9.17) is 4.74 Å². The number of ether oxygens (including phenoxy) is 1. The molecular weight excluding hydrogens is 207 g/mol. The van der Waals surface area contributed by atoms with Crippen molar-refractivity contribution in [2.24, 2.45) is 0 Å². The largest absolute Gasteiger partial charge is 0.466 e. The molecule has 3 heteroatoms. The Kier molecular flexibility index (Phi) is 4.70. The molecule has 0 N–H and O–H groups in total. The zero-order chi connectivity index (χ0) is 12.0. The van der Waals surface area contributed by atoms with Crippen LogP contribution in [0.2, 0.25) is 0 Å². The first-order valence-corrected chi connectivity index (χ1v) is 5.21. The molecule has 0 atom stereocenters. The molecule has 0 fully saturated rings. The highest BCUT2D eigenvalue weighted by Gasteiger charge is 1.99. The third kappa shape index (κ3) is 3.85. The lowest BCUT2D eigenvalue weighted by molar-refractivity contribution is -0.142. The number of halogens is 1. The zero-order valence-electron chi connectivity index (χ0n) is 9.50. The van der Waals surface area contributed by atoms with Crippen LogP contribution in [-0.4, -0.2) is 12.6 Å². The molecule has 0 spiro atoms. The highest BCUT2D eigenvalue weighted by Crippen LogP contribution is 2.12. The smallest absolute Gasteiger partial charge is 0.309 e. The molecule has 0 aliphatic rings. The molecule has 0 radical (unpaired) electrons. The molecule has 0 saturated carbocycles. The van der Waals surface area contributed by atoms with Gasteiger partial charge in [-0.15, -0.1) is 0 Å². The summed E-state index contributed by atoms with van der Waals surface area (Å²) in [6.07, 6.45) is 3.62. The number of esters is 1. The lowest BCUT2D eigenvalue weighted by atomic mass is 10.1. The lowest BCUT2D eigenvalue weighted by Crippen LogP contribution is -2.01. The van der Waals surface area contributed by atoms with E-state index in [9.17, 15) is 9.18 Å². The molecule has 1 rings (SSSR count). The maximum absolute atomic E-state index is 12.9. The van der Waals surface area contributed by atoms with Crippen molar-refractivity contribution in [2.75, 3.05) is 6.61 Å². The number of carbonyl (C=O) groups is 1. The van der Waals surface area contributed by atoms with E-state index in [2.05, 4.69) is 0 Å². The molecule has 0 saturated heterocycles. The van der Waals surface area contributed by atoms with Crippen LogP contribution in [0.3, 0.4) is 0 Å². The van der Waals surface area contributed by atoms with E-state index in [1.165, 1.54) is 12.1 Å². The first-order chi connectivity index (χ1) is 7.63. The fourth-order valence-electron chi connectivity index (χ4n) is 1.29. The van der Waals surface area contributed by atoms with Gasteiger partial charge in [0.1, 0.15) is 5.82 Å². The van der Waals surface area contributed by atoms with Gasteiger partial charge < -0.3 is 4.74 Å². The van der Waals surface area contributed by atoms with E-state index in [0.29, 0.717) is 6.61 Å². The summed E-state index contributed by atoms with van der Waals surface area (Å²) < 4.78 is 17.7. The number of benzene rings is 1. The predicted molar refractivity (Wildman–Crippen MR) is 61.4 cm³/mol. The van der Waals surface area contributed by atoms with Crippen LogP contribution in [0.1, 0.15) is 24.5 Å². The minimum absolute atomic E-state index is 0.212. The van der Waals surface area contributed by atoms with E-state index in [-0.39, 0.29) is 18.2 Å². The van der Waals surface area contributed by atoms with Gasteiger partial charge in [0.05, 0.1) is 13.0 Å². The van der Waals surface area contributed by atoms with Crippen molar-refractivity contribution in [2.45, 2.75) is 20.3 Å². The summed E-state index contributed by atoms with van der Waals surface area (Å²) in [5.41, 5.74) is 1.76. The maximum atomic E-state index is 12.9. The molecular formula is C13H15FO2. The second kappa shape index (κ2) is 6.05. The highest BCUT2D eigenvalue weighted by atomic mass is 19.1. The van der Waals surface area contributed by atoms with E-state index in [1.54, 1.807) is 25.1 Å². The van der Waals surface area contributed by atoms with Crippen LogP contribution in [0.5, 0.6) is 0 Å². The maximum Gasteiger partial charge on any atom is 0.309 e. The van der Waals surface area contributed by atoms with Crippen molar-refractivity contribution in [1.29, 1.82) is 0 Å². The highest BCUT2D eigenvalue weighted by molar-refractivity contribution is 5.72. The molecule has 0 bridgehead atoms. The number of hydrogen-bond donors (Lipinski definition) is 0. The van der Waals surface area contributed by atoms with Crippen molar-refractivity contribution < 1.29 is 13.9 Å². The Morgan fingerprint density at radius 2 is 2.25 bits per heavy atom. The second-order valence-corrected chi connectivity index (χ2v) is 3.41. The number of carbonyl (C=O) groups excluding carboxylic acids is 1. The van der Waals surface area contributed by atoms with Gasteiger partial charge in [0.15, 0.2) is 0 Å². The molecule has 0 aliphatic carbocycles. The summed E-state index contributed by atoms with van der Waals surface area (Å²) in [6.45, 7) is 4.04. The molecule has 1 aromatic carbocycles. The third-order valence-corrected chi connectivity index (χ3v) is 2.13. The van der Waals surface area contributed by atoms with Crippen LogP contribution < -0.4 is 0 Å². The molecule has 0 amide bonds. The van der Waals surface area contributed by atoms with Crippen molar-refractivity contribution in [3.63, 3.8) is 0 Å². The van der Waals surface area contributed by atoms with Gasteiger partial charge >= 0.3 is 5.97 Å². The zero-order valence-corrected chi connectivity index (χ0v) is 9.50. The van der Waals surface area contributed by atoms with Gasteiger partial charge in [0.25, 0.3) is 0 Å². The Balaban J connectivity index is 2.62. The molecule has 0 aromatic heterocycles. The minimum atomic E-state index is -0.276. The average Bonchev–Trinajstić information content (AvgIpc) is 2.23. The number of rotatable bonds is 4. The second-order valence-electron chi connectivity index (χ2n) is 3.41. The standard InChI is InChI=1S/C13H15FO2/c1-3-16-13(15)6-4-5-11-9-12(14)8-7-10(11)2/h4-5,7-9H,3,6H2,1-2H3. The third-order valence-electron chi connectivity index (χ3n) is 2.13. The van der Waals surface area contributed by atoms with E-state index in [1.807, 2.05) is 6.92 Å². The Hall–Kier alpha value is -1.64. The lowest BCUT2D eigenvalue weighted by Gasteiger charge is -2.00. The van der Waals surface area contributed by atoms with Crippen LogP contribution in [-0.2, 0) is 9.53 Å². The van der Waals surface area contributed by atoms with Crippen LogP contribution in [0, 0.1) is 12.7 Å². The van der Waals surface area contributed by atoms with Crippen LogP contribution in [0.15, 0.2) is 24.3 Å². The van der Waals surface area contributed by atoms with Gasteiger partial charge in [-0.2, -0.15) is 0 Å². The fraction of sp³-hybridized carbons (Fsp3) is 0.308. The normalized spacial score (nSPS) is 10.7. The first-order valence-electron chi connectivity index (χ1n) is 5.21. The van der Waals surface area contributed by atoms with Gasteiger partial charge in [-0.25, -0.2) is 4.39 Å². The van der Waals surface area contributed by atoms with Gasteiger partial charge in [0.2, 0.25) is 0 Å². The molecule has 2 nitrogen and oxygen atoms in total. The monoisotopic (exact) mass is 222 g/mol. The molecule has 0 heterocycles. The van der Waals surface area contributed by atoms with Crippen LogP contribution >= 0.6 is 0 Å². The Morgan fingerprint density at radius 1 is 1.50 bits per heavy atom. The summed E-state index contributed by atoms with van der Waals surface area (Å²) in [6, 6.07) is 4.56. The SMILES string of the molecule is CCOC(=O)CC=Cc1cc(F)ccc1C. The van der Waals surface area contributed by atoms with E-state index >= 15 is 0 Å². The molecule has 1 aromatic rings. The molecule has 0 unspecified atom stereocenters. The van der Waals surface area contributed by atoms with Gasteiger partial charge in [-0.3, -0.25) is 4.79 Å². The Bertz CT molecular complexity index is 397. The average molecular weight is 222 g/mol. The van der Waals surface area contributed by atoms with Gasteiger partial charge in [-0.05, 0) is 37.1 Å². The minimum Gasteiger partial charge on any atom is -0.466 e. The van der Waals surface area contributed by atoms with Gasteiger partial charge in [-0.1, -0.05) is 18.2 Å². The summed E-state index contributed by atoms with van der Waals surface area (Å²) in [7, 11) is 0. The molecule has 0 aliphatic heterocycles. The Labute approximate surface area is 94.7 Å². The molecule has 86 valence electrons. The Morgan fingerprint density at radius 3 is 2.94 bits per heavy atom. The van der Waals surface area contributed by atoms with E-state index < -0.39 is 0 Å². The topological polar surface area (TPSA) is 26.3 Å². The summed E-state index contributed by atoms with van der Waals surface area (Å²) >= 11 is 0. The van der Waals surface area contributed by atoms with E-state index in [0.717, 1.165) is 11.1 Å². The summed E-state index contributed by atoms with van der Waals surface area (Å²) in [4.78, 5) is 11.0. The van der Waals surface area contributed by atoms with Crippen molar-refractivity contribution in [1.82, 2.24) is 0 Å². The molecule has 16 heavy (non-hydrogen) atoms. The first kappa shape index (κ1) is 12.4. The van der Waals surface area contributed by atoms with Crippen molar-refractivity contribution in [3.8, 4) is 0 Å². The quantitative estimate of drug-likeness (QED) is 0.732. The summed E-state index contributed by atoms with van der Waals surface area (Å²) in [5, 5.41) is 0. The number of hydrogen-bond acceptors (Lipinski definition) is 2. The summed E-state index contributed by atoms with van der Waals surface area (Å²) in [5.74, 6) is -0.547. The fourth-order valence-corrected chi connectivity index (χ4v) is 1.29. The van der Waals surface area contributed by atoms with Crippen molar-refractivity contribution >= 4 is 12.0 Å². The van der Waals surface area contributed by atoms with Crippen LogP contribution in [0.25, 0.3) is 6.08 Å².